The zero-order valence-electron chi connectivity index (χ0n) is 11.2. The van der Waals surface area contributed by atoms with E-state index >= 15 is 0 Å². The van der Waals surface area contributed by atoms with E-state index in [1.165, 1.54) is 18.4 Å². The minimum absolute atomic E-state index is 0.0915. The lowest BCUT2D eigenvalue weighted by molar-refractivity contribution is 0.104. The Labute approximate surface area is 129 Å². The summed E-state index contributed by atoms with van der Waals surface area (Å²) in [5.74, 6) is 1.67. The van der Waals surface area contributed by atoms with Crippen LogP contribution in [0.3, 0.4) is 0 Å². The number of ether oxygens (including phenoxy) is 3. The number of ketones is 1. The van der Waals surface area contributed by atoms with Crippen molar-refractivity contribution in [2.45, 2.75) is 0 Å². The maximum absolute atomic E-state index is 12.5. The molecule has 0 unspecified atom stereocenters. The van der Waals surface area contributed by atoms with Gasteiger partial charge >= 0.3 is 0 Å². The van der Waals surface area contributed by atoms with E-state index in [4.69, 9.17) is 14.2 Å². The average molecular weight is 357 g/mol. The van der Waals surface area contributed by atoms with Gasteiger partial charge in [-0.25, -0.2) is 0 Å². The minimum atomic E-state index is -0.0915. The largest absolute Gasteiger partial charge is 0.496 e. The Hall–Kier alpha value is -1.53. The van der Waals surface area contributed by atoms with Crippen molar-refractivity contribution in [3.05, 3.63) is 38.5 Å². The molecule has 1 heterocycles. The molecule has 0 atom stereocenters. The van der Waals surface area contributed by atoms with Gasteiger partial charge in [-0.15, -0.1) is 11.3 Å². The van der Waals surface area contributed by atoms with Crippen LogP contribution in [-0.4, -0.2) is 27.1 Å². The van der Waals surface area contributed by atoms with Gasteiger partial charge in [0.05, 0.1) is 26.2 Å². The van der Waals surface area contributed by atoms with Crippen LogP contribution in [-0.2, 0) is 0 Å². The zero-order chi connectivity index (χ0) is 14.7. The quantitative estimate of drug-likeness (QED) is 0.765. The van der Waals surface area contributed by atoms with Crippen molar-refractivity contribution in [1.29, 1.82) is 0 Å². The van der Waals surface area contributed by atoms with Gasteiger partial charge in [-0.2, -0.15) is 0 Å². The van der Waals surface area contributed by atoms with E-state index in [-0.39, 0.29) is 5.78 Å². The first kappa shape index (κ1) is 14.9. The number of rotatable bonds is 5. The molecular weight excluding hydrogens is 344 g/mol. The highest BCUT2D eigenvalue weighted by Gasteiger charge is 2.18. The molecule has 0 spiro atoms. The summed E-state index contributed by atoms with van der Waals surface area (Å²) >= 11 is 4.73. The third-order valence-electron chi connectivity index (χ3n) is 2.75. The maximum atomic E-state index is 12.5. The van der Waals surface area contributed by atoms with Crippen LogP contribution in [0.15, 0.2) is 28.1 Å². The highest BCUT2D eigenvalue weighted by molar-refractivity contribution is 9.10. The van der Waals surface area contributed by atoms with E-state index in [1.807, 2.05) is 0 Å². The topological polar surface area (TPSA) is 44.8 Å². The normalized spacial score (nSPS) is 10.2. The molecule has 2 aromatic rings. The molecule has 1 aromatic carbocycles. The predicted molar refractivity (Wildman–Crippen MR) is 81.5 cm³/mol. The molecule has 4 nitrogen and oxygen atoms in total. The fourth-order valence-corrected chi connectivity index (χ4v) is 3.02. The van der Waals surface area contributed by atoms with Gasteiger partial charge in [0.1, 0.15) is 5.75 Å². The smallest absolute Gasteiger partial charge is 0.204 e. The monoisotopic (exact) mass is 356 g/mol. The molecule has 0 N–H and O–H groups in total. The standard InChI is InChI=1S/C14H13BrO4S/c1-17-8-4-13(20-7-8)14(16)9-5-11(18-2)12(19-3)6-10(9)15/h4-7H,1-3H3. The van der Waals surface area contributed by atoms with Gasteiger partial charge < -0.3 is 14.2 Å². The number of hydrogen-bond donors (Lipinski definition) is 0. The van der Waals surface area contributed by atoms with Gasteiger partial charge in [-0.05, 0) is 28.1 Å². The molecule has 106 valence electrons. The average Bonchev–Trinajstić information content (AvgIpc) is 2.95. The Kier molecular flexibility index (Phi) is 4.67. The van der Waals surface area contributed by atoms with Crippen LogP contribution in [0.5, 0.6) is 17.2 Å². The summed E-state index contributed by atoms with van der Waals surface area (Å²) in [6.45, 7) is 0. The van der Waals surface area contributed by atoms with Gasteiger partial charge in [-0.1, -0.05) is 0 Å². The molecule has 0 fully saturated rings. The third kappa shape index (κ3) is 2.81. The molecule has 0 bridgehead atoms. The molecule has 0 saturated heterocycles. The SMILES string of the molecule is COc1csc(C(=O)c2cc(OC)c(OC)cc2Br)c1. The van der Waals surface area contributed by atoms with Crippen LogP contribution in [0.4, 0.5) is 0 Å². The van der Waals surface area contributed by atoms with E-state index in [0.717, 1.165) is 0 Å². The molecule has 0 amide bonds. The Balaban J connectivity index is 2.43. The second kappa shape index (κ2) is 6.28. The second-order valence-electron chi connectivity index (χ2n) is 3.87. The summed E-state index contributed by atoms with van der Waals surface area (Å²) in [5.41, 5.74) is 0.521. The number of carbonyl (C=O) groups is 1. The number of thiophene rings is 1. The van der Waals surface area contributed by atoms with Crippen LogP contribution < -0.4 is 14.2 Å². The molecule has 0 saturated carbocycles. The van der Waals surface area contributed by atoms with Gasteiger partial charge in [-0.3, -0.25) is 4.79 Å². The summed E-state index contributed by atoms with van der Waals surface area (Å²) in [4.78, 5) is 13.1. The van der Waals surface area contributed by atoms with Crippen LogP contribution in [0.2, 0.25) is 0 Å². The summed E-state index contributed by atoms with van der Waals surface area (Å²) in [6, 6.07) is 5.10. The fourth-order valence-electron chi connectivity index (χ4n) is 1.71. The molecule has 20 heavy (non-hydrogen) atoms. The summed E-state index contributed by atoms with van der Waals surface area (Å²) in [5, 5.41) is 1.79. The van der Waals surface area contributed by atoms with Gasteiger partial charge in [0.15, 0.2) is 11.5 Å². The highest BCUT2D eigenvalue weighted by Crippen LogP contribution is 2.35. The molecule has 1 aromatic heterocycles. The highest BCUT2D eigenvalue weighted by atomic mass is 79.9. The summed E-state index contributed by atoms with van der Waals surface area (Å²) in [6.07, 6.45) is 0. The number of halogens is 1. The molecule has 0 aliphatic heterocycles. The van der Waals surface area contributed by atoms with Gasteiger partial charge in [0.2, 0.25) is 5.78 Å². The van der Waals surface area contributed by atoms with E-state index in [2.05, 4.69) is 15.9 Å². The van der Waals surface area contributed by atoms with Gasteiger partial charge in [0.25, 0.3) is 0 Å². The third-order valence-corrected chi connectivity index (χ3v) is 4.32. The Bertz CT molecular complexity index is 636. The Morgan fingerprint density at radius 2 is 1.70 bits per heavy atom. The van der Waals surface area contributed by atoms with Crippen molar-refractivity contribution in [2.24, 2.45) is 0 Å². The summed E-state index contributed by atoms with van der Waals surface area (Å²) in [7, 11) is 4.66. The lowest BCUT2D eigenvalue weighted by Gasteiger charge is -2.10. The molecule has 2 rings (SSSR count). The first-order chi connectivity index (χ1) is 9.60. The molecule has 0 aliphatic rings. The number of benzene rings is 1. The van der Waals surface area contributed by atoms with Crippen molar-refractivity contribution in [3.8, 4) is 17.2 Å². The zero-order valence-corrected chi connectivity index (χ0v) is 13.6. The summed E-state index contributed by atoms with van der Waals surface area (Å²) < 4.78 is 16.2. The number of methoxy groups -OCH3 is 3. The van der Waals surface area contributed by atoms with E-state index in [1.54, 1.807) is 37.8 Å². The van der Waals surface area contributed by atoms with Crippen molar-refractivity contribution in [2.75, 3.05) is 21.3 Å². The van der Waals surface area contributed by atoms with Crippen LogP contribution in [0.25, 0.3) is 0 Å². The first-order valence-corrected chi connectivity index (χ1v) is 7.36. The van der Waals surface area contributed by atoms with Crippen LogP contribution >= 0.6 is 27.3 Å². The van der Waals surface area contributed by atoms with Crippen molar-refractivity contribution < 1.29 is 19.0 Å². The van der Waals surface area contributed by atoms with Crippen molar-refractivity contribution in [1.82, 2.24) is 0 Å². The van der Waals surface area contributed by atoms with Crippen molar-refractivity contribution >= 4 is 33.0 Å². The molecular formula is C14H13BrO4S. The number of hydrogen-bond acceptors (Lipinski definition) is 5. The Morgan fingerprint density at radius 1 is 1.05 bits per heavy atom. The second-order valence-corrected chi connectivity index (χ2v) is 5.63. The van der Waals surface area contributed by atoms with E-state index in [0.29, 0.717) is 32.2 Å². The maximum Gasteiger partial charge on any atom is 0.204 e. The molecule has 6 heteroatoms. The molecule has 0 radical (unpaired) electrons. The first-order valence-electron chi connectivity index (χ1n) is 5.69. The van der Waals surface area contributed by atoms with Gasteiger partial charge in [0, 0.05) is 21.5 Å². The lowest BCUT2D eigenvalue weighted by atomic mass is 10.1. The van der Waals surface area contributed by atoms with Crippen molar-refractivity contribution in [3.63, 3.8) is 0 Å². The molecule has 0 aliphatic carbocycles. The fraction of sp³-hybridized carbons (Fsp3) is 0.214. The lowest BCUT2D eigenvalue weighted by Crippen LogP contribution is -2.02. The minimum Gasteiger partial charge on any atom is -0.496 e. The predicted octanol–water partition coefficient (Wildman–Crippen LogP) is 3.77. The van der Waals surface area contributed by atoms with E-state index < -0.39 is 0 Å². The Morgan fingerprint density at radius 3 is 2.25 bits per heavy atom. The van der Waals surface area contributed by atoms with Crippen LogP contribution in [0.1, 0.15) is 15.2 Å². The number of carbonyl (C=O) groups excluding carboxylic acids is 1. The van der Waals surface area contributed by atoms with E-state index in [9.17, 15) is 4.79 Å². The van der Waals surface area contributed by atoms with Crippen LogP contribution in [0, 0.1) is 0 Å².